The first-order valence-corrected chi connectivity index (χ1v) is 4.62. The van der Waals surface area contributed by atoms with E-state index in [0.717, 1.165) is 0 Å². The molecule has 1 fully saturated rings. The van der Waals surface area contributed by atoms with Gasteiger partial charge >= 0.3 is 0 Å². The first-order valence-electron chi connectivity index (χ1n) is 4.10. The van der Waals surface area contributed by atoms with Crippen molar-refractivity contribution in [3.8, 4) is 0 Å². The average molecular weight is 203 g/mol. The van der Waals surface area contributed by atoms with Gasteiger partial charge in [-0.2, -0.15) is 12.6 Å². The van der Waals surface area contributed by atoms with E-state index in [-0.39, 0.29) is 24.3 Å². The van der Waals surface area contributed by atoms with Crippen molar-refractivity contribution in [3.63, 3.8) is 0 Å². The Morgan fingerprint density at radius 2 is 2.31 bits per heavy atom. The molecule has 0 spiro atoms. The number of nitrogens with zero attached hydrogens (tertiary/aromatic N) is 1. The minimum Gasteiger partial charge on any atom is -0.383 e. The van der Waals surface area contributed by atoms with Gasteiger partial charge in [-0.05, 0) is 6.92 Å². The Hall–Kier alpha value is -0.550. The third-order valence-electron chi connectivity index (χ3n) is 2.01. The van der Waals surface area contributed by atoms with E-state index in [1.165, 1.54) is 4.90 Å². The minimum absolute atomic E-state index is 0.158. The van der Waals surface area contributed by atoms with Crippen LogP contribution in [0.5, 0.6) is 0 Å². The number of carbonyl (C=O) groups excluding carboxylic acids is 2. The van der Waals surface area contributed by atoms with Gasteiger partial charge in [-0.3, -0.25) is 14.5 Å². The first-order chi connectivity index (χ1) is 6.07. The van der Waals surface area contributed by atoms with Gasteiger partial charge < -0.3 is 4.74 Å². The van der Waals surface area contributed by atoms with E-state index >= 15 is 0 Å². The summed E-state index contributed by atoms with van der Waals surface area (Å²) in [6.45, 7) is 2.16. The molecule has 2 unspecified atom stereocenters. The molecule has 0 aromatic carbocycles. The summed E-state index contributed by atoms with van der Waals surface area (Å²) in [6.07, 6.45) is 0.204. The zero-order valence-corrected chi connectivity index (χ0v) is 8.58. The van der Waals surface area contributed by atoms with E-state index in [2.05, 4.69) is 12.6 Å². The highest BCUT2D eigenvalue weighted by molar-refractivity contribution is 7.81. The number of hydrogen-bond donors (Lipinski definition) is 1. The van der Waals surface area contributed by atoms with Crippen LogP contribution in [0.3, 0.4) is 0 Å². The van der Waals surface area contributed by atoms with E-state index < -0.39 is 5.25 Å². The van der Waals surface area contributed by atoms with Gasteiger partial charge in [-0.15, -0.1) is 0 Å². The topological polar surface area (TPSA) is 46.6 Å². The first kappa shape index (κ1) is 10.5. The number of methoxy groups -OCH3 is 1. The lowest BCUT2D eigenvalue weighted by atomic mass is 10.3. The highest BCUT2D eigenvalue weighted by Crippen LogP contribution is 2.20. The number of amides is 2. The molecular formula is C8H13NO3S. The maximum atomic E-state index is 11.4. The Labute approximate surface area is 82.6 Å². The van der Waals surface area contributed by atoms with Crippen molar-refractivity contribution in [2.24, 2.45) is 0 Å². The number of ether oxygens (including phenoxy) is 1. The number of likely N-dealkylation sites (tertiary alicyclic amines) is 1. The maximum Gasteiger partial charge on any atom is 0.242 e. The summed E-state index contributed by atoms with van der Waals surface area (Å²) in [7, 11) is 1.54. The standard InChI is InChI=1S/C8H13NO3S/c1-5(4-12-2)9-7(10)3-6(13)8(9)11/h5-6,13H,3-4H2,1-2H3. The quantitative estimate of drug-likeness (QED) is 0.522. The molecule has 2 atom stereocenters. The van der Waals surface area contributed by atoms with Crippen LogP contribution in [-0.2, 0) is 14.3 Å². The summed E-state index contributed by atoms with van der Waals surface area (Å²) in [4.78, 5) is 24.0. The fourth-order valence-corrected chi connectivity index (χ4v) is 1.69. The monoisotopic (exact) mass is 203 g/mol. The zero-order valence-electron chi connectivity index (χ0n) is 7.69. The van der Waals surface area contributed by atoms with Crippen molar-refractivity contribution < 1.29 is 14.3 Å². The van der Waals surface area contributed by atoms with Crippen LogP contribution in [0.25, 0.3) is 0 Å². The van der Waals surface area contributed by atoms with Crippen LogP contribution in [0.2, 0.25) is 0 Å². The molecule has 1 rings (SSSR count). The Kier molecular flexibility index (Phi) is 3.33. The van der Waals surface area contributed by atoms with E-state index in [1.807, 2.05) is 0 Å². The molecule has 74 valence electrons. The largest absolute Gasteiger partial charge is 0.383 e. The molecule has 0 saturated carbocycles. The molecule has 0 aliphatic carbocycles. The summed E-state index contributed by atoms with van der Waals surface area (Å²) >= 11 is 4.02. The van der Waals surface area contributed by atoms with Crippen LogP contribution >= 0.6 is 12.6 Å². The van der Waals surface area contributed by atoms with Gasteiger partial charge in [-0.25, -0.2) is 0 Å². The van der Waals surface area contributed by atoms with Gasteiger partial charge in [-0.1, -0.05) is 0 Å². The molecule has 13 heavy (non-hydrogen) atoms. The Morgan fingerprint density at radius 1 is 1.69 bits per heavy atom. The number of hydrogen-bond acceptors (Lipinski definition) is 4. The predicted octanol–water partition coefficient (Wildman–Crippen LogP) is 0.0786. The number of carbonyl (C=O) groups is 2. The van der Waals surface area contributed by atoms with Crippen LogP contribution in [0.1, 0.15) is 13.3 Å². The highest BCUT2D eigenvalue weighted by Gasteiger charge is 2.38. The van der Waals surface area contributed by atoms with Gasteiger partial charge in [0.15, 0.2) is 0 Å². The van der Waals surface area contributed by atoms with E-state index in [4.69, 9.17) is 4.74 Å². The molecule has 1 saturated heterocycles. The lowest BCUT2D eigenvalue weighted by Crippen LogP contribution is -2.41. The second-order valence-corrected chi connectivity index (χ2v) is 3.75. The minimum atomic E-state index is -0.466. The van der Waals surface area contributed by atoms with Crippen LogP contribution in [0, 0.1) is 0 Å². The van der Waals surface area contributed by atoms with Gasteiger partial charge in [0.05, 0.1) is 17.9 Å². The van der Waals surface area contributed by atoms with E-state index in [0.29, 0.717) is 6.61 Å². The van der Waals surface area contributed by atoms with Crippen molar-refractivity contribution in [2.75, 3.05) is 13.7 Å². The smallest absolute Gasteiger partial charge is 0.242 e. The highest BCUT2D eigenvalue weighted by atomic mass is 32.1. The summed E-state index contributed by atoms with van der Waals surface area (Å²) in [5.74, 6) is -0.368. The fourth-order valence-electron chi connectivity index (χ4n) is 1.41. The SMILES string of the molecule is COCC(C)N1C(=O)CC(S)C1=O. The molecular weight excluding hydrogens is 190 g/mol. The van der Waals surface area contributed by atoms with E-state index in [9.17, 15) is 9.59 Å². The number of thiol groups is 1. The summed E-state index contributed by atoms with van der Waals surface area (Å²) in [5.41, 5.74) is 0. The Bertz CT molecular complexity index is 231. The third-order valence-corrected chi connectivity index (χ3v) is 2.41. The molecule has 0 aromatic heterocycles. The Balaban J connectivity index is 2.68. The molecule has 2 amide bonds. The summed E-state index contributed by atoms with van der Waals surface area (Å²) in [5, 5.41) is -0.466. The molecule has 1 heterocycles. The second kappa shape index (κ2) is 4.11. The van der Waals surface area contributed by atoms with Crippen LogP contribution in [-0.4, -0.2) is 41.7 Å². The fraction of sp³-hybridized carbons (Fsp3) is 0.750. The van der Waals surface area contributed by atoms with Gasteiger partial charge in [0.1, 0.15) is 0 Å². The van der Waals surface area contributed by atoms with Crippen molar-refractivity contribution in [1.29, 1.82) is 0 Å². The summed E-state index contributed by atoms with van der Waals surface area (Å²) < 4.78 is 4.88. The molecule has 5 heteroatoms. The summed E-state index contributed by atoms with van der Waals surface area (Å²) in [6, 6.07) is -0.192. The number of imide groups is 1. The molecule has 1 aliphatic heterocycles. The molecule has 0 bridgehead atoms. The molecule has 0 aromatic rings. The molecule has 0 radical (unpaired) electrons. The molecule has 1 aliphatic rings. The van der Waals surface area contributed by atoms with Crippen molar-refractivity contribution in [1.82, 2.24) is 4.90 Å². The molecule has 0 N–H and O–H groups in total. The molecule has 4 nitrogen and oxygen atoms in total. The van der Waals surface area contributed by atoms with Crippen LogP contribution < -0.4 is 0 Å². The maximum absolute atomic E-state index is 11.4. The third kappa shape index (κ3) is 2.03. The second-order valence-electron chi connectivity index (χ2n) is 3.13. The van der Waals surface area contributed by atoms with Gasteiger partial charge in [0, 0.05) is 13.5 Å². The Morgan fingerprint density at radius 3 is 2.69 bits per heavy atom. The van der Waals surface area contributed by atoms with Gasteiger partial charge in [0.25, 0.3) is 0 Å². The van der Waals surface area contributed by atoms with Crippen LogP contribution in [0.15, 0.2) is 0 Å². The number of rotatable bonds is 3. The van der Waals surface area contributed by atoms with E-state index in [1.54, 1.807) is 14.0 Å². The lowest BCUT2D eigenvalue weighted by molar-refractivity contribution is -0.141. The lowest BCUT2D eigenvalue weighted by Gasteiger charge is -2.21. The normalized spacial score (nSPS) is 25.5. The zero-order chi connectivity index (χ0) is 10.0. The van der Waals surface area contributed by atoms with Crippen molar-refractivity contribution in [3.05, 3.63) is 0 Å². The van der Waals surface area contributed by atoms with Crippen LogP contribution in [0.4, 0.5) is 0 Å². The van der Waals surface area contributed by atoms with Gasteiger partial charge in [0.2, 0.25) is 11.8 Å². The average Bonchev–Trinajstić information content (AvgIpc) is 2.27. The van der Waals surface area contributed by atoms with Crippen molar-refractivity contribution in [2.45, 2.75) is 24.6 Å². The predicted molar refractivity (Wildman–Crippen MR) is 50.6 cm³/mol. The van der Waals surface area contributed by atoms with Crippen molar-refractivity contribution >= 4 is 24.4 Å².